The molecule has 0 aromatic carbocycles. The van der Waals surface area contributed by atoms with Gasteiger partial charge in [-0.2, -0.15) is 0 Å². The number of nitrogens with zero attached hydrogens (tertiary/aromatic N) is 1. The van der Waals surface area contributed by atoms with Crippen LogP contribution in [0.2, 0.25) is 0 Å². The second kappa shape index (κ2) is 3.42. The highest BCUT2D eigenvalue weighted by molar-refractivity contribution is 5.15. The Bertz CT molecular complexity index is 207. The lowest BCUT2D eigenvalue weighted by Gasteiger charge is -2.23. The van der Waals surface area contributed by atoms with Crippen LogP contribution in [0.25, 0.3) is 0 Å². The average molecular weight is 149 g/mol. The molecule has 0 saturated heterocycles. The third-order valence-corrected chi connectivity index (χ3v) is 1.64. The van der Waals surface area contributed by atoms with Crippen LogP contribution in [-0.2, 0) is 0 Å². The molecule has 0 N–H and O–H groups in total. The molecular formula is C10H15N. The van der Waals surface area contributed by atoms with Crippen LogP contribution in [0.1, 0.15) is 20.8 Å². The van der Waals surface area contributed by atoms with E-state index in [0.717, 1.165) is 0 Å². The van der Waals surface area contributed by atoms with Crippen LogP contribution in [0.15, 0.2) is 36.2 Å². The van der Waals surface area contributed by atoms with Crippen LogP contribution in [0.4, 0.5) is 0 Å². The molecule has 0 saturated carbocycles. The monoisotopic (exact) mass is 149 g/mol. The maximum absolute atomic E-state index is 2.20. The van der Waals surface area contributed by atoms with Gasteiger partial charge in [-0.1, -0.05) is 17.7 Å². The lowest BCUT2D eigenvalue weighted by Crippen LogP contribution is -2.22. The van der Waals surface area contributed by atoms with Crippen molar-refractivity contribution < 1.29 is 0 Å². The van der Waals surface area contributed by atoms with Crippen molar-refractivity contribution in [1.29, 1.82) is 0 Å². The van der Waals surface area contributed by atoms with E-state index in [1.807, 2.05) is 0 Å². The minimum atomic E-state index is 0.495. The Hall–Kier alpha value is -0.980. The largest absolute Gasteiger partial charge is 0.348 e. The summed E-state index contributed by atoms with van der Waals surface area (Å²) >= 11 is 0. The van der Waals surface area contributed by atoms with Gasteiger partial charge in [0.25, 0.3) is 0 Å². The van der Waals surface area contributed by atoms with Crippen molar-refractivity contribution in [3.63, 3.8) is 0 Å². The third-order valence-electron chi connectivity index (χ3n) is 1.64. The first-order valence-electron chi connectivity index (χ1n) is 3.97. The van der Waals surface area contributed by atoms with Crippen molar-refractivity contribution in [2.45, 2.75) is 26.8 Å². The number of hydrogen-bond acceptors (Lipinski definition) is 1. The fraction of sp³-hybridized carbons (Fsp3) is 0.400. The SMILES string of the molecule is CC(C)=CN1C=CC=CC1C. The lowest BCUT2D eigenvalue weighted by molar-refractivity contribution is 0.444. The van der Waals surface area contributed by atoms with Crippen molar-refractivity contribution in [2.24, 2.45) is 0 Å². The first kappa shape index (κ1) is 8.12. The molecule has 0 amide bonds. The summed E-state index contributed by atoms with van der Waals surface area (Å²) in [7, 11) is 0. The number of hydrogen-bond donors (Lipinski definition) is 0. The first-order chi connectivity index (χ1) is 5.20. The lowest BCUT2D eigenvalue weighted by atomic mass is 10.2. The van der Waals surface area contributed by atoms with Gasteiger partial charge in [-0.15, -0.1) is 0 Å². The second-order valence-electron chi connectivity index (χ2n) is 3.12. The molecule has 1 aliphatic heterocycles. The number of rotatable bonds is 1. The Kier molecular flexibility index (Phi) is 2.53. The second-order valence-corrected chi connectivity index (χ2v) is 3.12. The highest BCUT2D eigenvalue weighted by atomic mass is 15.1. The molecule has 1 nitrogen and oxygen atoms in total. The standard InChI is InChI=1S/C10H15N/c1-9(2)8-11-7-5-4-6-10(11)3/h4-8,10H,1-3H3. The Morgan fingerprint density at radius 3 is 2.64 bits per heavy atom. The van der Waals surface area contributed by atoms with Crippen molar-refractivity contribution in [3.05, 3.63) is 36.2 Å². The summed E-state index contributed by atoms with van der Waals surface area (Å²) in [5, 5.41) is 0. The van der Waals surface area contributed by atoms with Gasteiger partial charge in [0.15, 0.2) is 0 Å². The van der Waals surface area contributed by atoms with Gasteiger partial charge < -0.3 is 4.90 Å². The summed E-state index contributed by atoms with van der Waals surface area (Å²) in [5.41, 5.74) is 1.33. The maximum Gasteiger partial charge on any atom is 0.0485 e. The van der Waals surface area contributed by atoms with Gasteiger partial charge in [-0.25, -0.2) is 0 Å². The zero-order valence-electron chi connectivity index (χ0n) is 7.41. The molecule has 1 unspecified atom stereocenters. The normalized spacial score (nSPS) is 22.1. The highest BCUT2D eigenvalue weighted by Gasteiger charge is 2.04. The molecule has 0 fully saturated rings. The molecule has 1 aliphatic rings. The average Bonchev–Trinajstić information content (AvgIpc) is 1.93. The van der Waals surface area contributed by atoms with E-state index in [0.29, 0.717) is 6.04 Å². The summed E-state index contributed by atoms with van der Waals surface area (Å²) in [5.74, 6) is 0. The molecule has 0 aromatic rings. The Morgan fingerprint density at radius 1 is 1.36 bits per heavy atom. The van der Waals surface area contributed by atoms with E-state index in [9.17, 15) is 0 Å². The molecule has 0 radical (unpaired) electrons. The summed E-state index contributed by atoms with van der Waals surface area (Å²) < 4.78 is 0. The molecule has 0 spiro atoms. The molecule has 1 heteroatoms. The quantitative estimate of drug-likeness (QED) is 0.554. The molecular weight excluding hydrogens is 134 g/mol. The predicted molar refractivity (Wildman–Crippen MR) is 49.0 cm³/mol. The van der Waals surface area contributed by atoms with Gasteiger partial charge in [0.2, 0.25) is 0 Å². The van der Waals surface area contributed by atoms with Gasteiger partial charge in [-0.3, -0.25) is 0 Å². The zero-order chi connectivity index (χ0) is 8.27. The summed E-state index contributed by atoms with van der Waals surface area (Å²) in [4.78, 5) is 2.20. The van der Waals surface area contributed by atoms with E-state index < -0.39 is 0 Å². The molecule has 0 bridgehead atoms. The Labute approximate surface area is 68.7 Å². The minimum Gasteiger partial charge on any atom is -0.348 e. The molecule has 11 heavy (non-hydrogen) atoms. The molecule has 60 valence electrons. The van der Waals surface area contributed by atoms with Gasteiger partial charge in [-0.05, 0) is 26.8 Å². The van der Waals surface area contributed by atoms with E-state index in [1.165, 1.54) is 5.57 Å². The topological polar surface area (TPSA) is 3.24 Å². The molecule has 1 heterocycles. The van der Waals surface area contributed by atoms with E-state index >= 15 is 0 Å². The molecule has 0 aliphatic carbocycles. The van der Waals surface area contributed by atoms with E-state index in [4.69, 9.17) is 0 Å². The highest BCUT2D eigenvalue weighted by Crippen LogP contribution is 2.09. The van der Waals surface area contributed by atoms with E-state index in [2.05, 4.69) is 56.3 Å². The van der Waals surface area contributed by atoms with Crippen LogP contribution < -0.4 is 0 Å². The van der Waals surface area contributed by atoms with Crippen molar-refractivity contribution in [3.8, 4) is 0 Å². The van der Waals surface area contributed by atoms with Crippen molar-refractivity contribution >= 4 is 0 Å². The van der Waals surface area contributed by atoms with Gasteiger partial charge in [0.1, 0.15) is 0 Å². The van der Waals surface area contributed by atoms with Crippen LogP contribution in [0, 0.1) is 0 Å². The van der Waals surface area contributed by atoms with Crippen LogP contribution in [0.3, 0.4) is 0 Å². The number of allylic oxidation sites excluding steroid dienone is 3. The summed E-state index contributed by atoms with van der Waals surface area (Å²) in [6.45, 7) is 6.40. The van der Waals surface area contributed by atoms with Crippen LogP contribution in [-0.4, -0.2) is 10.9 Å². The molecule has 1 atom stereocenters. The minimum absolute atomic E-state index is 0.495. The van der Waals surface area contributed by atoms with E-state index in [1.54, 1.807) is 0 Å². The first-order valence-corrected chi connectivity index (χ1v) is 3.97. The summed E-state index contributed by atoms with van der Waals surface area (Å²) in [6.07, 6.45) is 10.6. The molecule has 1 rings (SSSR count). The van der Waals surface area contributed by atoms with Crippen LogP contribution >= 0.6 is 0 Å². The van der Waals surface area contributed by atoms with Crippen molar-refractivity contribution in [1.82, 2.24) is 4.90 Å². The van der Waals surface area contributed by atoms with Gasteiger partial charge in [0.05, 0.1) is 0 Å². The smallest absolute Gasteiger partial charge is 0.0485 e. The summed E-state index contributed by atoms with van der Waals surface area (Å²) in [6, 6.07) is 0.495. The zero-order valence-corrected chi connectivity index (χ0v) is 7.41. The van der Waals surface area contributed by atoms with Gasteiger partial charge in [0, 0.05) is 18.4 Å². The third kappa shape index (κ3) is 2.26. The molecule has 0 aromatic heterocycles. The van der Waals surface area contributed by atoms with Crippen molar-refractivity contribution in [2.75, 3.05) is 0 Å². The van der Waals surface area contributed by atoms with Gasteiger partial charge >= 0.3 is 0 Å². The predicted octanol–water partition coefficient (Wildman–Crippen LogP) is 2.68. The fourth-order valence-electron chi connectivity index (χ4n) is 1.07. The Morgan fingerprint density at radius 2 is 2.09 bits per heavy atom. The van der Waals surface area contributed by atoms with Crippen LogP contribution in [0.5, 0.6) is 0 Å². The fourth-order valence-corrected chi connectivity index (χ4v) is 1.07. The maximum atomic E-state index is 2.20. The van der Waals surface area contributed by atoms with E-state index in [-0.39, 0.29) is 0 Å². The Balaban J connectivity index is 2.66.